The third-order valence-electron chi connectivity index (χ3n) is 3.13. The van der Waals surface area contributed by atoms with Crippen LogP contribution in [0.25, 0.3) is 0 Å². The van der Waals surface area contributed by atoms with E-state index in [1.54, 1.807) is 36.2 Å². The summed E-state index contributed by atoms with van der Waals surface area (Å²) in [5, 5.41) is 0. The van der Waals surface area contributed by atoms with Gasteiger partial charge in [-0.15, -0.1) is 0 Å². The van der Waals surface area contributed by atoms with Crippen LogP contribution in [-0.2, 0) is 16.6 Å². The molecular formula is C16H17BrN2O3S. The van der Waals surface area contributed by atoms with Crippen molar-refractivity contribution in [3.8, 4) is 0 Å². The number of sulfonamides is 1. The molecule has 0 unspecified atom stereocenters. The second-order valence-corrected chi connectivity index (χ2v) is 7.87. The normalized spacial score (nSPS) is 11.1. The first-order valence-corrected chi connectivity index (χ1v) is 9.51. The Hall–Kier alpha value is -1.86. The van der Waals surface area contributed by atoms with Gasteiger partial charge in [0, 0.05) is 18.1 Å². The minimum Gasteiger partial charge on any atom is -0.337 e. The van der Waals surface area contributed by atoms with Gasteiger partial charge in [0.25, 0.3) is 5.91 Å². The molecule has 0 aliphatic rings. The second-order valence-electron chi connectivity index (χ2n) is 5.21. The molecule has 0 fully saturated rings. The maximum atomic E-state index is 12.6. The Morgan fingerprint density at radius 2 is 1.74 bits per heavy atom. The molecule has 0 aliphatic carbocycles. The smallest absolute Gasteiger partial charge is 0.256 e. The van der Waals surface area contributed by atoms with E-state index in [2.05, 4.69) is 20.7 Å². The molecule has 5 nitrogen and oxygen atoms in total. The molecule has 0 heterocycles. The predicted octanol–water partition coefficient (Wildman–Crippen LogP) is 3.09. The number of amides is 1. The van der Waals surface area contributed by atoms with Gasteiger partial charge in [-0.05, 0) is 29.8 Å². The lowest BCUT2D eigenvalue weighted by molar-refractivity contribution is 0.0786. The van der Waals surface area contributed by atoms with E-state index in [0.717, 1.165) is 16.3 Å². The summed E-state index contributed by atoms with van der Waals surface area (Å²) in [5.74, 6) is -0.250. The molecule has 0 radical (unpaired) electrons. The lowest BCUT2D eigenvalue weighted by Crippen LogP contribution is -2.27. The summed E-state index contributed by atoms with van der Waals surface area (Å²) in [6.07, 6.45) is 1.06. The lowest BCUT2D eigenvalue weighted by atomic mass is 10.1. The van der Waals surface area contributed by atoms with Crippen LogP contribution in [0.5, 0.6) is 0 Å². The topological polar surface area (TPSA) is 66.5 Å². The molecule has 2 aromatic carbocycles. The van der Waals surface area contributed by atoms with Crippen LogP contribution in [0.1, 0.15) is 15.9 Å². The van der Waals surface area contributed by atoms with Crippen LogP contribution in [-0.4, -0.2) is 32.5 Å². The van der Waals surface area contributed by atoms with E-state index in [1.807, 2.05) is 24.3 Å². The monoisotopic (exact) mass is 396 g/mol. The first kappa shape index (κ1) is 17.5. The molecule has 0 aromatic heterocycles. The molecule has 1 N–H and O–H groups in total. The predicted molar refractivity (Wildman–Crippen MR) is 94.8 cm³/mol. The van der Waals surface area contributed by atoms with Gasteiger partial charge >= 0.3 is 0 Å². The summed E-state index contributed by atoms with van der Waals surface area (Å²) in [6.45, 7) is 0.430. The standard InChI is InChI=1S/C16H17BrN2O3S/c1-19(11-12-7-9-13(17)10-8-12)16(20)14-5-3-4-6-15(14)18-23(2,21)22/h3-10,18H,11H2,1-2H3. The van der Waals surface area contributed by atoms with Crippen molar-refractivity contribution in [3.05, 3.63) is 64.1 Å². The zero-order valence-corrected chi connectivity index (χ0v) is 15.2. The van der Waals surface area contributed by atoms with Gasteiger partial charge < -0.3 is 4.90 Å². The number of benzene rings is 2. The summed E-state index contributed by atoms with van der Waals surface area (Å²) in [5.41, 5.74) is 1.58. The minimum atomic E-state index is -3.45. The molecule has 2 aromatic rings. The molecule has 23 heavy (non-hydrogen) atoms. The van der Waals surface area contributed by atoms with Crippen molar-refractivity contribution in [3.63, 3.8) is 0 Å². The highest BCUT2D eigenvalue weighted by Crippen LogP contribution is 2.19. The van der Waals surface area contributed by atoms with Gasteiger partial charge in [0.05, 0.1) is 17.5 Å². The molecule has 0 saturated carbocycles. The van der Waals surface area contributed by atoms with Gasteiger partial charge in [0.2, 0.25) is 10.0 Å². The van der Waals surface area contributed by atoms with Gasteiger partial charge in [-0.3, -0.25) is 9.52 Å². The number of nitrogens with zero attached hydrogens (tertiary/aromatic N) is 1. The first-order valence-electron chi connectivity index (χ1n) is 6.83. The average Bonchev–Trinajstić information content (AvgIpc) is 2.48. The number of anilines is 1. The van der Waals surface area contributed by atoms with Crippen molar-refractivity contribution in [1.82, 2.24) is 4.90 Å². The molecule has 0 spiro atoms. The van der Waals surface area contributed by atoms with Gasteiger partial charge in [0.1, 0.15) is 0 Å². The third kappa shape index (κ3) is 5.07. The highest BCUT2D eigenvalue weighted by atomic mass is 79.9. The van der Waals surface area contributed by atoms with E-state index in [-0.39, 0.29) is 11.6 Å². The van der Waals surface area contributed by atoms with Crippen LogP contribution in [0.2, 0.25) is 0 Å². The molecule has 0 aliphatic heterocycles. The molecule has 0 bridgehead atoms. The fraction of sp³-hybridized carbons (Fsp3) is 0.188. The van der Waals surface area contributed by atoms with Crippen molar-refractivity contribution >= 4 is 37.5 Å². The minimum absolute atomic E-state index is 0.250. The van der Waals surface area contributed by atoms with Crippen LogP contribution in [0.4, 0.5) is 5.69 Å². The Morgan fingerprint density at radius 3 is 2.35 bits per heavy atom. The Labute approximate surface area is 144 Å². The molecule has 0 atom stereocenters. The van der Waals surface area contributed by atoms with E-state index in [4.69, 9.17) is 0 Å². The van der Waals surface area contributed by atoms with E-state index >= 15 is 0 Å². The number of carbonyl (C=O) groups is 1. The summed E-state index contributed by atoms with van der Waals surface area (Å²) in [4.78, 5) is 14.2. The van der Waals surface area contributed by atoms with Gasteiger partial charge in [-0.1, -0.05) is 40.2 Å². The fourth-order valence-corrected chi connectivity index (χ4v) is 2.94. The number of rotatable bonds is 5. The first-order chi connectivity index (χ1) is 10.8. The van der Waals surface area contributed by atoms with Crippen LogP contribution in [0.3, 0.4) is 0 Å². The summed E-state index contributed by atoms with van der Waals surface area (Å²) in [6, 6.07) is 14.2. The Balaban J connectivity index is 2.21. The number of hydrogen-bond acceptors (Lipinski definition) is 3. The number of hydrogen-bond donors (Lipinski definition) is 1. The zero-order valence-electron chi connectivity index (χ0n) is 12.8. The fourth-order valence-electron chi connectivity index (χ4n) is 2.10. The van der Waals surface area contributed by atoms with Crippen LogP contribution < -0.4 is 4.72 Å². The maximum Gasteiger partial charge on any atom is 0.256 e. The second kappa shape index (κ2) is 7.14. The zero-order chi connectivity index (χ0) is 17.0. The molecule has 1 amide bonds. The van der Waals surface area contributed by atoms with E-state index in [0.29, 0.717) is 12.1 Å². The Bertz CT molecular complexity index is 804. The molecular weight excluding hydrogens is 380 g/mol. The highest BCUT2D eigenvalue weighted by Gasteiger charge is 2.17. The SMILES string of the molecule is CN(Cc1ccc(Br)cc1)C(=O)c1ccccc1NS(C)(=O)=O. The number of halogens is 1. The van der Waals surface area contributed by atoms with Crippen molar-refractivity contribution in [1.29, 1.82) is 0 Å². The maximum absolute atomic E-state index is 12.6. The largest absolute Gasteiger partial charge is 0.337 e. The quantitative estimate of drug-likeness (QED) is 0.843. The molecule has 0 saturated heterocycles. The summed E-state index contributed by atoms with van der Waals surface area (Å²) < 4.78 is 26.2. The molecule has 122 valence electrons. The van der Waals surface area contributed by atoms with Crippen molar-refractivity contribution < 1.29 is 13.2 Å². The lowest BCUT2D eigenvalue weighted by Gasteiger charge is -2.19. The van der Waals surface area contributed by atoms with Gasteiger partial charge in [0.15, 0.2) is 0 Å². The number of carbonyl (C=O) groups excluding carboxylic acids is 1. The summed E-state index contributed by atoms with van der Waals surface area (Å²) >= 11 is 3.37. The van der Waals surface area contributed by atoms with Gasteiger partial charge in [-0.25, -0.2) is 8.42 Å². The number of para-hydroxylation sites is 1. The van der Waals surface area contributed by atoms with E-state index < -0.39 is 10.0 Å². The molecule has 2 rings (SSSR count). The third-order valence-corrected chi connectivity index (χ3v) is 4.25. The Morgan fingerprint density at radius 1 is 1.13 bits per heavy atom. The van der Waals surface area contributed by atoms with Crippen LogP contribution in [0, 0.1) is 0 Å². The van der Waals surface area contributed by atoms with Crippen molar-refractivity contribution in [2.45, 2.75) is 6.54 Å². The van der Waals surface area contributed by atoms with Gasteiger partial charge in [-0.2, -0.15) is 0 Å². The van der Waals surface area contributed by atoms with Crippen molar-refractivity contribution in [2.75, 3.05) is 18.0 Å². The average molecular weight is 397 g/mol. The van der Waals surface area contributed by atoms with Crippen LogP contribution in [0.15, 0.2) is 53.0 Å². The van der Waals surface area contributed by atoms with E-state index in [9.17, 15) is 13.2 Å². The number of nitrogens with one attached hydrogen (secondary N) is 1. The molecule has 7 heteroatoms. The van der Waals surface area contributed by atoms with Crippen molar-refractivity contribution in [2.24, 2.45) is 0 Å². The van der Waals surface area contributed by atoms with E-state index in [1.165, 1.54) is 0 Å². The summed E-state index contributed by atoms with van der Waals surface area (Å²) in [7, 11) is -1.77. The van der Waals surface area contributed by atoms with Crippen LogP contribution >= 0.6 is 15.9 Å². The highest BCUT2D eigenvalue weighted by molar-refractivity contribution is 9.10. The Kier molecular flexibility index (Phi) is 5.43.